The first-order valence-corrected chi connectivity index (χ1v) is 5.68. The second-order valence-electron chi connectivity index (χ2n) is 4.45. The van der Waals surface area contributed by atoms with Crippen LogP contribution < -0.4 is 0 Å². The minimum atomic E-state index is -0.784. The van der Waals surface area contributed by atoms with Crippen molar-refractivity contribution in [3.8, 4) is 0 Å². The Morgan fingerprint density at radius 1 is 1.47 bits per heavy atom. The molecule has 0 aliphatic heterocycles. The molecule has 0 amide bonds. The molecule has 0 unspecified atom stereocenters. The number of nitrogens with zero attached hydrogens (tertiary/aromatic N) is 1. The average molecular weight is 233 g/mol. The molecule has 2 aromatic rings. The smallest absolute Gasteiger partial charge is 0.303 e. The van der Waals surface area contributed by atoms with Crippen molar-refractivity contribution in [2.45, 2.75) is 32.6 Å². The lowest BCUT2D eigenvalue weighted by molar-refractivity contribution is -0.136. The predicted octanol–water partition coefficient (Wildman–Crippen LogP) is 2.97. The fourth-order valence-corrected chi connectivity index (χ4v) is 1.83. The Bertz CT molecular complexity index is 543. The highest BCUT2D eigenvalue weighted by Crippen LogP contribution is 2.26. The third-order valence-electron chi connectivity index (χ3n) is 2.72. The van der Waals surface area contributed by atoms with Gasteiger partial charge in [-0.15, -0.1) is 0 Å². The van der Waals surface area contributed by atoms with Gasteiger partial charge >= 0.3 is 5.97 Å². The van der Waals surface area contributed by atoms with Gasteiger partial charge in [0.05, 0.1) is 0 Å². The highest BCUT2D eigenvalue weighted by atomic mass is 16.5. The second kappa shape index (κ2) is 4.57. The van der Waals surface area contributed by atoms with Crippen LogP contribution in [-0.2, 0) is 11.2 Å². The van der Waals surface area contributed by atoms with Crippen molar-refractivity contribution in [2.24, 2.45) is 0 Å². The molecule has 0 saturated heterocycles. The van der Waals surface area contributed by atoms with Gasteiger partial charge in [-0.1, -0.05) is 25.1 Å². The van der Waals surface area contributed by atoms with Gasteiger partial charge < -0.3 is 9.63 Å². The summed E-state index contributed by atoms with van der Waals surface area (Å²) in [5.74, 6) is 0.391. The van der Waals surface area contributed by atoms with Crippen molar-refractivity contribution in [1.29, 1.82) is 0 Å². The molecular formula is C13H15NO3. The first-order valence-electron chi connectivity index (χ1n) is 5.68. The van der Waals surface area contributed by atoms with E-state index < -0.39 is 5.97 Å². The van der Waals surface area contributed by atoms with Gasteiger partial charge in [-0.05, 0) is 24.1 Å². The third kappa shape index (κ3) is 2.46. The molecule has 1 heterocycles. The Balaban J connectivity index is 2.29. The Morgan fingerprint density at radius 3 is 2.88 bits per heavy atom. The van der Waals surface area contributed by atoms with Crippen LogP contribution in [-0.4, -0.2) is 16.2 Å². The van der Waals surface area contributed by atoms with E-state index in [0.717, 1.165) is 22.2 Å². The zero-order valence-corrected chi connectivity index (χ0v) is 9.93. The summed E-state index contributed by atoms with van der Waals surface area (Å²) in [5, 5.41) is 13.6. The maximum absolute atomic E-state index is 10.5. The fraction of sp³-hybridized carbons (Fsp3) is 0.385. The minimum Gasteiger partial charge on any atom is -0.481 e. The van der Waals surface area contributed by atoms with Crippen molar-refractivity contribution in [3.05, 3.63) is 29.5 Å². The van der Waals surface area contributed by atoms with Crippen LogP contribution in [0.15, 0.2) is 22.7 Å². The van der Waals surface area contributed by atoms with Crippen LogP contribution in [0.1, 0.15) is 37.5 Å². The number of hydrogen-bond donors (Lipinski definition) is 1. The van der Waals surface area contributed by atoms with E-state index in [1.807, 2.05) is 18.2 Å². The summed E-state index contributed by atoms with van der Waals surface area (Å²) in [6.07, 6.45) is 0.662. The summed E-state index contributed by atoms with van der Waals surface area (Å²) in [5.41, 5.74) is 1.78. The summed E-state index contributed by atoms with van der Waals surface area (Å²) in [7, 11) is 0. The van der Waals surface area contributed by atoms with Crippen LogP contribution in [0.5, 0.6) is 0 Å². The lowest BCUT2D eigenvalue weighted by atomic mass is 10.0. The molecule has 90 valence electrons. The van der Waals surface area contributed by atoms with Crippen molar-refractivity contribution < 1.29 is 14.4 Å². The van der Waals surface area contributed by atoms with Crippen LogP contribution >= 0.6 is 0 Å². The number of carbonyl (C=O) groups is 1. The van der Waals surface area contributed by atoms with Gasteiger partial charge in [0, 0.05) is 17.7 Å². The third-order valence-corrected chi connectivity index (χ3v) is 2.72. The van der Waals surface area contributed by atoms with E-state index in [1.54, 1.807) is 0 Å². The van der Waals surface area contributed by atoms with Gasteiger partial charge in [0.2, 0.25) is 0 Å². The first-order chi connectivity index (χ1) is 8.08. The number of hydrogen-bond acceptors (Lipinski definition) is 3. The van der Waals surface area contributed by atoms with Crippen molar-refractivity contribution in [3.63, 3.8) is 0 Å². The Morgan fingerprint density at radius 2 is 2.24 bits per heavy atom. The van der Waals surface area contributed by atoms with Gasteiger partial charge in [-0.3, -0.25) is 4.79 Å². The topological polar surface area (TPSA) is 63.3 Å². The van der Waals surface area contributed by atoms with E-state index in [0.29, 0.717) is 12.3 Å². The fourth-order valence-electron chi connectivity index (χ4n) is 1.83. The molecule has 0 radical (unpaired) electrons. The monoisotopic (exact) mass is 233 g/mol. The van der Waals surface area contributed by atoms with Gasteiger partial charge in [-0.2, -0.15) is 0 Å². The molecule has 17 heavy (non-hydrogen) atoms. The Hall–Kier alpha value is -1.84. The number of fused-ring (bicyclic) bond motifs is 1. The summed E-state index contributed by atoms with van der Waals surface area (Å²) >= 11 is 0. The van der Waals surface area contributed by atoms with E-state index in [-0.39, 0.29) is 6.42 Å². The maximum atomic E-state index is 10.5. The minimum absolute atomic E-state index is 0.139. The average Bonchev–Trinajstić information content (AvgIpc) is 2.69. The van der Waals surface area contributed by atoms with Crippen LogP contribution in [0.4, 0.5) is 0 Å². The summed E-state index contributed by atoms with van der Waals surface area (Å²) in [4.78, 5) is 10.5. The van der Waals surface area contributed by atoms with Gasteiger partial charge in [0.15, 0.2) is 0 Å². The van der Waals surface area contributed by atoms with E-state index in [9.17, 15) is 4.79 Å². The molecule has 0 spiro atoms. The molecule has 0 aliphatic carbocycles. The number of aryl methyl sites for hydroxylation is 1. The first kappa shape index (κ1) is 11.6. The number of carboxylic acid groups (broad SMARTS) is 1. The second-order valence-corrected chi connectivity index (χ2v) is 4.45. The molecule has 4 nitrogen and oxygen atoms in total. The molecule has 2 rings (SSSR count). The van der Waals surface area contributed by atoms with Crippen LogP contribution in [0, 0.1) is 0 Å². The maximum Gasteiger partial charge on any atom is 0.303 e. The molecule has 0 aliphatic rings. The zero-order valence-electron chi connectivity index (χ0n) is 9.93. The SMILES string of the molecule is CC(C)c1onc2cc(CCC(=O)O)ccc12. The number of benzene rings is 1. The molecule has 0 atom stereocenters. The summed E-state index contributed by atoms with van der Waals surface area (Å²) < 4.78 is 5.29. The van der Waals surface area contributed by atoms with Crippen molar-refractivity contribution in [1.82, 2.24) is 5.16 Å². The number of aliphatic carboxylic acids is 1. The highest BCUT2D eigenvalue weighted by molar-refractivity contribution is 5.81. The van der Waals surface area contributed by atoms with E-state index in [4.69, 9.17) is 9.63 Å². The largest absolute Gasteiger partial charge is 0.481 e. The van der Waals surface area contributed by atoms with E-state index >= 15 is 0 Å². The van der Waals surface area contributed by atoms with Crippen LogP contribution in [0.25, 0.3) is 10.9 Å². The molecular weight excluding hydrogens is 218 g/mol. The van der Waals surface area contributed by atoms with Gasteiger partial charge in [-0.25, -0.2) is 0 Å². The quantitative estimate of drug-likeness (QED) is 0.881. The number of carboxylic acids is 1. The van der Waals surface area contributed by atoms with Crippen LogP contribution in [0.2, 0.25) is 0 Å². The molecule has 1 aromatic heterocycles. The highest BCUT2D eigenvalue weighted by Gasteiger charge is 2.12. The molecule has 4 heteroatoms. The predicted molar refractivity (Wildman–Crippen MR) is 64.1 cm³/mol. The van der Waals surface area contributed by atoms with Crippen LogP contribution in [0.3, 0.4) is 0 Å². The molecule has 1 aromatic carbocycles. The normalized spacial score (nSPS) is 11.2. The summed E-state index contributed by atoms with van der Waals surface area (Å²) in [6.45, 7) is 4.11. The van der Waals surface area contributed by atoms with Gasteiger partial charge in [0.25, 0.3) is 0 Å². The zero-order chi connectivity index (χ0) is 12.4. The van der Waals surface area contributed by atoms with Gasteiger partial charge in [0.1, 0.15) is 11.3 Å². The van der Waals surface area contributed by atoms with E-state index in [2.05, 4.69) is 19.0 Å². The van der Waals surface area contributed by atoms with Crippen molar-refractivity contribution >= 4 is 16.9 Å². The Labute approximate surface area is 99.2 Å². The lowest BCUT2D eigenvalue weighted by Gasteiger charge is -2.00. The standard InChI is InChI=1S/C13H15NO3/c1-8(2)13-10-5-3-9(4-6-12(15)16)7-11(10)14-17-13/h3,5,7-8H,4,6H2,1-2H3,(H,15,16). The molecule has 0 fully saturated rings. The van der Waals surface area contributed by atoms with Crippen molar-refractivity contribution in [2.75, 3.05) is 0 Å². The molecule has 0 bridgehead atoms. The molecule has 0 saturated carbocycles. The summed E-state index contributed by atoms with van der Waals surface area (Å²) in [6, 6.07) is 5.79. The number of aromatic nitrogens is 1. The lowest BCUT2D eigenvalue weighted by Crippen LogP contribution is -1.97. The molecule has 1 N–H and O–H groups in total. The van der Waals surface area contributed by atoms with E-state index in [1.165, 1.54) is 0 Å². The number of rotatable bonds is 4. The Kier molecular flexibility index (Phi) is 3.13.